The molecule has 1 amide bonds. The third-order valence-corrected chi connectivity index (χ3v) is 5.38. The van der Waals surface area contributed by atoms with Crippen LogP contribution in [0.1, 0.15) is 48.9 Å². The molecule has 0 atom stereocenters. The molecule has 1 aliphatic rings. The molecule has 5 heteroatoms. The number of aromatic amines is 1. The van der Waals surface area contributed by atoms with Crippen LogP contribution in [0.25, 0.3) is 10.9 Å². The summed E-state index contributed by atoms with van der Waals surface area (Å²) in [4.78, 5) is 22.5. The van der Waals surface area contributed by atoms with Crippen LogP contribution >= 0.6 is 0 Å². The largest absolute Gasteiger partial charge is 0.351 e. The van der Waals surface area contributed by atoms with Gasteiger partial charge in [0.05, 0.1) is 0 Å². The monoisotopic (exact) mass is 350 g/mol. The summed E-state index contributed by atoms with van der Waals surface area (Å²) in [5.74, 6) is 2.31. The highest BCUT2D eigenvalue weighted by atomic mass is 16.2. The molecular weight excluding hydrogens is 324 g/mol. The molecule has 3 aromatic rings. The lowest BCUT2D eigenvalue weighted by Crippen LogP contribution is -2.39. The van der Waals surface area contributed by atoms with Crippen LogP contribution in [0.4, 0.5) is 0 Å². The highest BCUT2D eigenvalue weighted by molar-refractivity contribution is 5.98. The van der Waals surface area contributed by atoms with Crippen molar-refractivity contribution in [2.24, 2.45) is 5.92 Å². The highest BCUT2D eigenvalue weighted by Crippen LogP contribution is 2.23. The molecule has 1 aliphatic heterocycles. The van der Waals surface area contributed by atoms with Gasteiger partial charge in [0.25, 0.3) is 5.91 Å². The minimum atomic E-state index is 0.116. The van der Waals surface area contributed by atoms with E-state index in [2.05, 4.69) is 34.6 Å². The molecule has 1 saturated heterocycles. The van der Waals surface area contributed by atoms with Gasteiger partial charge >= 0.3 is 0 Å². The first-order valence-corrected chi connectivity index (χ1v) is 9.50. The first-order valence-electron chi connectivity index (χ1n) is 9.50. The van der Waals surface area contributed by atoms with Crippen molar-refractivity contribution in [3.63, 3.8) is 0 Å². The average molecular weight is 350 g/mol. The molecule has 0 saturated carbocycles. The average Bonchev–Trinajstić information content (AvgIpc) is 3.28. The molecule has 5 nitrogen and oxygen atoms in total. The smallest absolute Gasteiger partial charge is 0.270 e. The third-order valence-electron chi connectivity index (χ3n) is 5.38. The van der Waals surface area contributed by atoms with E-state index >= 15 is 0 Å². The summed E-state index contributed by atoms with van der Waals surface area (Å²) in [6.45, 7) is 7.01. The Morgan fingerprint density at radius 2 is 2.04 bits per heavy atom. The van der Waals surface area contributed by atoms with E-state index in [9.17, 15) is 4.79 Å². The molecule has 26 heavy (non-hydrogen) atoms. The summed E-state index contributed by atoms with van der Waals surface area (Å²) in [5.41, 5.74) is 1.72. The first kappa shape index (κ1) is 16.9. The summed E-state index contributed by atoms with van der Waals surface area (Å²) in [6, 6.07) is 9.99. The molecule has 0 aliphatic carbocycles. The predicted molar refractivity (Wildman–Crippen MR) is 103 cm³/mol. The molecule has 1 N–H and O–H groups in total. The molecule has 136 valence electrons. The summed E-state index contributed by atoms with van der Waals surface area (Å²) >= 11 is 0. The maximum Gasteiger partial charge on any atom is 0.270 e. The maximum absolute atomic E-state index is 12.8. The topological polar surface area (TPSA) is 53.9 Å². The van der Waals surface area contributed by atoms with Gasteiger partial charge in [0.2, 0.25) is 0 Å². The number of benzene rings is 1. The van der Waals surface area contributed by atoms with E-state index in [4.69, 9.17) is 0 Å². The maximum atomic E-state index is 12.8. The van der Waals surface area contributed by atoms with Crippen LogP contribution in [0.3, 0.4) is 0 Å². The zero-order valence-corrected chi connectivity index (χ0v) is 15.5. The second kappa shape index (κ2) is 6.98. The number of nitrogens with one attached hydrogen (secondary N) is 1. The molecule has 0 bridgehead atoms. The van der Waals surface area contributed by atoms with E-state index in [0.717, 1.165) is 49.2 Å². The lowest BCUT2D eigenvalue weighted by molar-refractivity contribution is 0.0677. The number of carbonyl (C=O) groups excluding carboxylic acids is 1. The minimum absolute atomic E-state index is 0.116. The molecule has 2 aromatic heterocycles. The van der Waals surface area contributed by atoms with Crippen molar-refractivity contribution in [1.29, 1.82) is 0 Å². The quantitative estimate of drug-likeness (QED) is 0.772. The van der Waals surface area contributed by atoms with Gasteiger partial charge in [-0.05, 0) is 30.9 Å². The molecule has 0 spiro atoms. The van der Waals surface area contributed by atoms with Crippen molar-refractivity contribution in [3.8, 4) is 0 Å². The number of piperidine rings is 1. The number of para-hydroxylation sites is 1. The lowest BCUT2D eigenvalue weighted by atomic mass is 9.96. The fourth-order valence-electron chi connectivity index (χ4n) is 3.93. The van der Waals surface area contributed by atoms with Gasteiger partial charge in [-0.3, -0.25) is 4.79 Å². The van der Waals surface area contributed by atoms with Crippen LogP contribution < -0.4 is 0 Å². The van der Waals surface area contributed by atoms with E-state index < -0.39 is 0 Å². The molecule has 4 rings (SSSR count). The zero-order valence-electron chi connectivity index (χ0n) is 15.5. The second-order valence-electron chi connectivity index (χ2n) is 7.60. The van der Waals surface area contributed by atoms with Crippen molar-refractivity contribution in [2.75, 3.05) is 13.1 Å². The Balaban J connectivity index is 1.38. The number of hydrogen-bond donors (Lipinski definition) is 1. The van der Waals surface area contributed by atoms with Crippen molar-refractivity contribution < 1.29 is 4.79 Å². The van der Waals surface area contributed by atoms with Gasteiger partial charge in [0.15, 0.2) is 0 Å². The lowest BCUT2D eigenvalue weighted by Gasteiger charge is -2.32. The van der Waals surface area contributed by atoms with Crippen LogP contribution in [0.2, 0.25) is 0 Å². The summed E-state index contributed by atoms with van der Waals surface area (Å²) in [5, 5.41) is 1.09. The molecule has 1 aromatic carbocycles. The van der Waals surface area contributed by atoms with E-state index in [-0.39, 0.29) is 5.91 Å². The number of H-pyrrole nitrogens is 1. The minimum Gasteiger partial charge on any atom is -0.351 e. The SMILES string of the molecule is CC(C)c1nccn1CC1CCN(C(=O)c2cc3ccccc3[nH]2)CC1. The Morgan fingerprint density at radius 3 is 2.77 bits per heavy atom. The van der Waals surface area contributed by atoms with Crippen LogP contribution in [-0.4, -0.2) is 38.4 Å². The Morgan fingerprint density at radius 1 is 1.27 bits per heavy atom. The van der Waals surface area contributed by atoms with Crippen LogP contribution in [-0.2, 0) is 6.54 Å². The summed E-state index contributed by atoms with van der Waals surface area (Å²) < 4.78 is 2.28. The number of carbonyl (C=O) groups is 1. The van der Waals surface area contributed by atoms with Gasteiger partial charge in [0.1, 0.15) is 11.5 Å². The van der Waals surface area contributed by atoms with Crippen LogP contribution in [0.5, 0.6) is 0 Å². The van der Waals surface area contributed by atoms with Crippen molar-refractivity contribution in [3.05, 3.63) is 54.2 Å². The second-order valence-corrected chi connectivity index (χ2v) is 7.60. The standard InChI is InChI=1S/C21H26N4O/c1-15(2)20-22-9-12-25(20)14-16-7-10-24(11-8-16)21(26)19-13-17-5-3-4-6-18(17)23-19/h3-6,9,12-13,15-16,23H,7-8,10-11,14H2,1-2H3. The van der Waals surface area contributed by atoms with Gasteiger partial charge in [-0.2, -0.15) is 0 Å². The van der Waals surface area contributed by atoms with Crippen LogP contribution in [0, 0.1) is 5.92 Å². The number of amides is 1. The van der Waals surface area contributed by atoms with Crippen molar-refractivity contribution in [1.82, 2.24) is 19.4 Å². The number of imidazole rings is 1. The summed E-state index contributed by atoms with van der Waals surface area (Å²) in [6.07, 6.45) is 6.06. The Bertz CT molecular complexity index is 867. The molecule has 3 heterocycles. The van der Waals surface area contributed by atoms with Crippen molar-refractivity contribution >= 4 is 16.8 Å². The zero-order chi connectivity index (χ0) is 18.1. The van der Waals surface area contributed by atoms with E-state index in [1.807, 2.05) is 41.4 Å². The molecule has 0 radical (unpaired) electrons. The number of rotatable bonds is 4. The van der Waals surface area contributed by atoms with Crippen LogP contribution in [0.15, 0.2) is 42.7 Å². The third kappa shape index (κ3) is 3.26. The van der Waals surface area contributed by atoms with E-state index in [1.54, 1.807) is 0 Å². The van der Waals surface area contributed by atoms with Gasteiger partial charge in [-0.1, -0.05) is 32.0 Å². The fraction of sp³-hybridized carbons (Fsp3) is 0.429. The summed E-state index contributed by atoms with van der Waals surface area (Å²) in [7, 11) is 0. The first-order chi connectivity index (χ1) is 12.6. The molecule has 1 fully saturated rings. The Labute approximate surface area is 154 Å². The number of likely N-dealkylation sites (tertiary alicyclic amines) is 1. The molecule has 0 unspecified atom stereocenters. The van der Waals surface area contributed by atoms with E-state index in [1.165, 1.54) is 0 Å². The number of aromatic nitrogens is 3. The highest BCUT2D eigenvalue weighted by Gasteiger charge is 2.25. The number of fused-ring (bicyclic) bond motifs is 1. The van der Waals surface area contributed by atoms with E-state index in [0.29, 0.717) is 17.5 Å². The van der Waals surface area contributed by atoms with Gasteiger partial charge < -0.3 is 14.5 Å². The number of nitrogens with zero attached hydrogens (tertiary/aromatic N) is 3. The molecular formula is C21H26N4O. The predicted octanol–water partition coefficient (Wildman–Crippen LogP) is 4.04. The van der Waals surface area contributed by atoms with Crippen molar-refractivity contribution in [2.45, 2.75) is 39.2 Å². The van der Waals surface area contributed by atoms with Gasteiger partial charge in [-0.15, -0.1) is 0 Å². The fourth-order valence-corrected chi connectivity index (χ4v) is 3.93. The van der Waals surface area contributed by atoms with Gasteiger partial charge in [0, 0.05) is 48.8 Å². The Hall–Kier alpha value is -2.56. The number of hydrogen-bond acceptors (Lipinski definition) is 2. The van der Waals surface area contributed by atoms with Gasteiger partial charge in [-0.25, -0.2) is 4.98 Å². The normalized spacial score (nSPS) is 15.9. The Kier molecular flexibility index (Phi) is 4.53.